The lowest BCUT2D eigenvalue weighted by Crippen LogP contribution is -2.70. The van der Waals surface area contributed by atoms with Crippen LogP contribution in [-0.2, 0) is 30.5 Å². The molecule has 0 bridgehead atoms. The largest absolute Gasteiger partial charge is 0.478 e. The third kappa shape index (κ3) is 5.76. The molecular formula is C20H24N8O7S. The van der Waals surface area contributed by atoms with E-state index in [0.717, 1.165) is 11.3 Å². The van der Waals surface area contributed by atoms with E-state index < -0.39 is 47.2 Å². The molecule has 4 N–H and O–H groups in total. The van der Waals surface area contributed by atoms with Gasteiger partial charge in [-0.3, -0.25) is 19.6 Å². The average molecular weight is 521 g/mol. The van der Waals surface area contributed by atoms with Gasteiger partial charge in [-0.25, -0.2) is 19.6 Å². The van der Waals surface area contributed by atoms with E-state index in [-0.39, 0.29) is 35.9 Å². The SMILES string of the molecule is CC(C)(C)OC(=O)Nc1nc(C(=NOC2(C(=O)O)CC2)C(=O)N[C@@H]2C(=O)N[C@@H]2Cn2cncn2)cs1. The molecule has 1 saturated carbocycles. The van der Waals surface area contributed by atoms with Crippen LogP contribution in [-0.4, -0.2) is 77.7 Å². The molecule has 0 aromatic carbocycles. The molecule has 1 aliphatic heterocycles. The molecule has 2 aromatic rings. The molecule has 16 heteroatoms. The van der Waals surface area contributed by atoms with Gasteiger partial charge in [-0.2, -0.15) is 5.10 Å². The normalized spacial score (nSPS) is 20.5. The molecule has 2 atom stereocenters. The number of ether oxygens (including phenoxy) is 1. The van der Waals surface area contributed by atoms with E-state index in [0.29, 0.717) is 0 Å². The van der Waals surface area contributed by atoms with Crippen molar-refractivity contribution in [2.75, 3.05) is 5.32 Å². The van der Waals surface area contributed by atoms with Gasteiger partial charge in [-0.1, -0.05) is 5.16 Å². The van der Waals surface area contributed by atoms with Crippen molar-refractivity contribution in [3.05, 3.63) is 23.7 Å². The molecular weight excluding hydrogens is 496 g/mol. The van der Waals surface area contributed by atoms with Gasteiger partial charge in [0.25, 0.3) is 5.91 Å². The number of amides is 3. The summed E-state index contributed by atoms with van der Waals surface area (Å²) in [5.41, 5.74) is -2.58. The monoisotopic (exact) mass is 520 g/mol. The fourth-order valence-electron chi connectivity index (χ4n) is 3.12. The van der Waals surface area contributed by atoms with Crippen LogP contribution in [0.2, 0.25) is 0 Å². The molecule has 36 heavy (non-hydrogen) atoms. The number of hydrogen-bond donors (Lipinski definition) is 4. The highest BCUT2D eigenvalue weighted by Gasteiger charge is 2.54. The highest BCUT2D eigenvalue weighted by atomic mass is 32.1. The van der Waals surface area contributed by atoms with Crippen LogP contribution >= 0.6 is 11.3 Å². The van der Waals surface area contributed by atoms with Crippen LogP contribution in [0, 0.1) is 0 Å². The van der Waals surface area contributed by atoms with Crippen LogP contribution in [0.25, 0.3) is 0 Å². The number of nitrogens with zero attached hydrogens (tertiary/aromatic N) is 5. The van der Waals surface area contributed by atoms with Crippen LogP contribution in [0.4, 0.5) is 9.93 Å². The molecule has 4 rings (SSSR count). The fourth-order valence-corrected chi connectivity index (χ4v) is 3.80. The second-order valence-electron chi connectivity index (χ2n) is 9.18. The molecule has 3 heterocycles. The number of nitrogens with one attached hydrogen (secondary N) is 3. The summed E-state index contributed by atoms with van der Waals surface area (Å²) >= 11 is 0.994. The van der Waals surface area contributed by atoms with Gasteiger partial charge in [0, 0.05) is 18.2 Å². The number of thiazole rings is 1. The van der Waals surface area contributed by atoms with Crippen LogP contribution in [0.3, 0.4) is 0 Å². The van der Waals surface area contributed by atoms with E-state index in [1.54, 1.807) is 20.8 Å². The van der Waals surface area contributed by atoms with E-state index in [1.807, 2.05) is 0 Å². The van der Waals surface area contributed by atoms with Crippen LogP contribution in [0.15, 0.2) is 23.2 Å². The van der Waals surface area contributed by atoms with E-state index >= 15 is 0 Å². The summed E-state index contributed by atoms with van der Waals surface area (Å²) in [4.78, 5) is 62.0. The van der Waals surface area contributed by atoms with Crippen molar-refractivity contribution in [2.24, 2.45) is 5.16 Å². The van der Waals surface area contributed by atoms with Gasteiger partial charge >= 0.3 is 12.1 Å². The molecule has 0 spiro atoms. The lowest BCUT2D eigenvalue weighted by atomic mass is 9.98. The first-order valence-corrected chi connectivity index (χ1v) is 11.7. The van der Waals surface area contributed by atoms with Crippen LogP contribution in [0.1, 0.15) is 39.3 Å². The highest BCUT2D eigenvalue weighted by molar-refractivity contribution is 7.14. The first-order valence-electron chi connectivity index (χ1n) is 10.8. The number of rotatable bonds is 9. The smallest absolute Gasteiger partial charge is 0.413 e. The Morgan fingerprint density at radius 3 is 2.69 bits per heavy atom. The Balaban J connectivity index is 1.51. The molecule has 0 unspecified atom stereocenters. The van der Waals surface area contributed by atoms with E-state index in [4.69, 9.17) is 9.57 Å². The minimum absolute atomic E-state index is 0.0114. The maximum Gasteiger partial charge on any atom is 0.413 e. The second-order valence-corrected chi connectivity index (χ2v) is 10.0. The summed E-state index contributed by atoms with van der Waals surface area (Å²) < 4.78 is 6.69. The van der Waals surface area contributed by atoms with Crippen LogP contribution in [0.5, 0.6) is 0 Å². The van der Waals surface area contributed by atoms with Crippen molar-refractivity contribution in [2.45, 2.75) is 63.4 Å². The number of aromatic nitrogens is 4. The van der Waals surface area contributed by atoms with Crippen LogP contribution < -0.4 is 16.0 Å². The Morgan fingerprint density at radius 1 is 1.36 bits per heavy atom. The second kappa shape index (κ2) is 9.52. The Labute approximate surface area is 208 Å². The lowest BCUT2D eigenvalue weighted by Gasteiger charge is -2.36. The maximum absolute atomic E-state index is 13.1. The number of β-lactam (4-membered cyclic amide) rings is 1. The van der Waals surface area contributed by atoms with E-state index in [9.17, 15) is 24.3 Å². The minimum Gasteiger partial charge on any atom is -0.478 e. The number of carbonyl (C=O) groups is 4. The minimum atomic E-state index is -1.51. The molecule has 3 amide bonds. The zero-order chi connectivity index (χ0) is 26.1. The number of aliphatic carboxylic acids is 1. The Bertz CT molecular complexity index is 1200. The maximum atomic E-state index is 13.1. The van der Waals surface area contributed by atoms with Crippen molar-refractivity contribution in [1.82, 2.24) is 30.4 Å². The topological polar surface area (TPSA) is 199 Å². The van der Waals surface area contributed by atoms with Gasteiger partial charge in [-0.05, 0) is 20.8 Å². The van der Waals surface area contributed by atoms with Gasteiger partial charge < -0.3 is 25.3 Å². The summed E-state index contributed by atoms with van der Waals surface area (Å²) in [6.07, 6.45) is 2.53. The third-order valence-corrected chi connectivity index (χ3v) is 5.88. The van der Waals surface area contributed by atoms with E-state index in [1.165, 1.54) is 22.7 Å². The summed E-state index contributed by atoms with van der Waals surface area (Å²) in [6.45, 7) is 5.38. The van der Waals surface area contributed by atoms with Gasteiger partial charge in [0.2, 0.25) is 11.5 Å². The zero-order valence-electron chi connectivity index (χ0n) is 19.5. The summed E-state index contributed by atoms with van der Waals surface area (Å²) in [6, 6.07) is -1.36. The molecule has 1 aliphatic carbocycles. The number of oxime groups is 1. The van der Waals surface area contributed by atoms with Gasteiger partial charge in [0.1, 0.15) is 30.0 Å². The third-order valence-electron chi connectivity index (χ3n) is 5.12. The van der Waals surface area contributed by atoms with Crippen molar-refractivity contribution < 1.29 is 33.9 Å². The zero-order valence-corrected chi connectivity index (χ0v) is 20.4. The Hall–Kier alpha value is -4.08. The predicted octanol–water partition coefficient (Wildman–Crippen LogP) is 0.103. The summed E-state index contributed by atoms with van der Waals surface area (Å²) in [7, 11) is 0. The van der Waals surface area contributed by atoms with Crippen molar-refractivity contribution in [1.29, 1.82) is 0 Å². The number of carboxylic acids is 1. The molecule has 0 radical (unpaired) electrons. The molecule has 15 nitrogen and oxygen atoms in total. The Kier molecular flexibility index (Phi) is 6.62. The number of carboxylic acid groups (broad SMARTS) is 1. The number of hydrogen-bond acceptors (Lipinski definition) is 11. The molecule has 1 saturated heterocycles. The summed E-state index contributed by atoms with van der Waals surface area (Å²) in [5.74, 6) is -2.43. The Morgan fingerprint density at radius 2 is 2.11 bits per heavy atom. The first kappa shape index (κ1) is 25.0. The number of carbonyl (C=O) groups excluding carboxylic acids is 3. The summed E-state index contributed by atoms with van der Waals surface area (Å²) in [5, 5.41) is 26.4. The van der Waals surface area contributed by atoms with Gasteiger partial charge in [-0.15, -0.1) is 11.3 Å². The first-order chi connectivity index (χ1) is 17.0. The standard InChI is InChI=1S/C20H24N8O7S/c1-19(2,3)34-18(33)26-17-24-11(7-36-17)13(27-35-20(4-5-20)16(31)32)15(30)25-12-10(23-14(12)29)6-28-9-21-8-22-28/h7-10,12H,4-6H2,1-3H3,(H,23,29)(H,25,30)(H,31,32)(H,24,26,33)/t10-,12+/m1/s1. The lowest BCUT2D eigenvalue weighted by molar-refractivity contribution is -0.153. The number of anilines is 1. The molecule has 192 valence electrons. The molecule has 2 aliphatic rings. The van der Waals surface area contributed by atoms with Gasteiger partial charge in [0.05, 0.1) is 12.6 Å². The fraction of sp³-hybridized carbons (Fsp3) is 0.500. The molecule has 2 fully saturated rings. The van der Waals surface area contributed by atoms with Crippen molar-refractivity contribution in [3.8, 4) is 0 Å². The highest BCUT2D eigenvalue weighted by Crippen LogP contribution is 2.40. The quantitative estimate of drug-likeness (QED) is 0.200. The van der Waals surface area contributed by atoms with E-state index in [2.05, 4.69) is 36.2 Å². The predicted molar refractivity (Wildman–Crippen MR) is 123 cm³/mol. The van der Waals surface area contributed by atoms with Gasteiger partial charge in [0.15, 0.2) is 10.8 Å². The average Bonchev–Trinajstić information content (AvgIpc) is 3.15. The van der Waals surface area contributed by atoms with Crippen molar-refractivity contribution >= 4 is 46.1 Å². The molecule has 2 aromatic heterocycles. The van der Waals surface area contributed by atoms with Crippen molar-refractivity contribution in [3.63, 3.8) is 0 Å².